The van der Waals surface area contributed by atoms with Gasteiger partial charge in [-0.1, -0.05) is 36.8 Å². The van der Waals surface area contributed by atoms with Gasteiger partial charge in [0.25, 0.3) is 0 Å². The van der Waals surface area contributed by atoms with Crippen molar-refractivity contribution in [3.63, 3.8) is 0 Å². The van der Waals surface area contributed by atoms with Crippen LogP contribution in [0.3, 0.4) is 0 Å². The lowest BCUT2D eigenvalue weighted by atomic mass is 9.50. The van der Waals surface area contributed by atoms with Crippen molar-refractivity contribution >= 4 is 5.78 Å². The van der Waals surface area contributed by atoms with Gasteiger partial charge < -0.3 is 5.11 Å². The van der Waals surface area contributed by atoms with Gasteiger partial charge in [-0.3, -0.25) is 4.79 Å². The standard InChI is InChI=1S/C19H24O2/c1-18-9-7-13(20)11-12(18)3-4-14-15-5-6-17(21)19(15,2)10-8-16(14)18/h3,5-6,8,10,13-16,20H,4,7,9,11H2,1-2H3/t13-,14-,15-,16-,18-,19-/m0/s1. The minimum absolute atomic E-state index is 0.160. The van der Waals surface area contributed by atoms with Crippen LogP contribution in [0.15, 0.2) is 36.0 Å². The van der Waals surface area contributed by atoms with E-state index in [-0.39, 0.29) is 22.7 Å². The highest BCUT2D eigenvalue weighted by Crippen LogP contribution is 2.60. The zero-order chi connectivity index (χ0) is 14.8. The Morgan fingerprint density at radius 2 is 2.05 bits per heavy atom. The fourth-order valence-corrected chi connectivity index (χ4v) is 5.35. The van der Waals surface area contributed by atoms with Crippen molar-refractivity contribution in [3.05, 3.63) is 36.0 Å². The molecule has 2 heteroatoms. The third-order valence-electron chi connectivity index (χ3n) is 6.81. The number of carbonyl (C=O) groups is 1. The third-order valence-corrected chi connectivity index (χ3v) is 6.81. The van der Waals surface area contributed by atoms with Gasteiger partial charge in [-0.15, -0.1) is 0 Å². The van der Waals surface area contributed by atoms with Crippen molar-refractivity contribution in [1.29, 1.82) is 0 Å². The fraction of sp³-hybridized carbons (Fsp3) is 0.632. The molecule has 112 valence electrons. The SMILES string of the molecule is C[C@]12CC[C@H](O)CC1=CC[C@@H]1[C@@H]2C=C[C@]2(C)C(=O)C=C[C@@H]12. The van der Waals surface area contributed by atoms with E-state index in [1.54, 1.807) is 6.08 Å². The van der Waals surface area contributed by atoms with Gasteiger partial charge >= 0.3 is 0 Å². The summed E-state index contributed by atoms with van der Waals surface area (Å²) in [6.07, 6.45) is 14.5. The van der Waals surface area contributed by atoms with E-state index in [0.29, 0.717) is 17.8 Å². The number of hydrogen-bond donors (Lipinski definition) is 1. The molecule has 0 heterocycles. The summed E-state index contributed by atoms with van der Waals surface area (Å²) in [4.78, 5) is 12.2. The Hall–Kier alpha value is -1.15. The predicted molar refractivity (Wildman–Crippen MR) is 82.5 cm³/mol. The molecule has 0 spiro atoms. The molecule has 1 fully saturated rings. The van der Waals surface area contributed by atoms with Crippen LogP contribution in [0.5, 0.6) is 0 Å². The van der Waals surface area contributed by atoms with Crippen molar-refractivity contribution in [2.75, 3.05) is 0 Å². The second kappa shape index (κ2) is 4.19. The quantitative estimate of drug-likeness (QED) is 0.692. The number of ketones is 1. The summed E-state index contributed by atoms with van der Waals surface area (Å²) < 4.78 is 0. The van der Waals surface area contributed by atoms with Crippen molar-refractivity contribution < 1.29 is 9.90 Å². The molecular weight excluding hydrogens is 260 g/mol. The largest absolute Gasteiger partial charge is 0.393 e. The molecule has 0 unspecified atom stereocenters. The van der Waals surface area contributed by atoms with E-state index in [0.717, 1.165) is 25.7 Å². The number of carbonyl (C=O) groups excluding carboxylic acids is 1. The number of rotatable bonds is 0. The molecule has 4 aliphatic carbocycles. The van der Waals surface area contributed by atoms with E-state index in [2.05, 4.69) is 38.2 Å². The maximum atomic E-state index is 12.2. The molecular formula is C19H24O2. The van der Waals surface area contributed by atoms with Crippen LogP contribution in [0.4, 0.5) is 0 Å². The molecule has 2 nitrogen and oxygen atoms in total. The van der Waals surface area contributed by atoms with Crippen molar-refractivity contribution in [2.24, 2.45) is 28.6 Å². The van der Waals surface area contributed by atoms with Crippen molar-refractivity contribution in [1.82, 2.24) is 0 Å². The lowest BCUT2D eigenvalue weighted by Crippen LogP contribution is -2.48. The first kappa shape index (κ1) is 13.5. The summed E-state index contributed by atoms with van der Waals surface area (Å²) in [5.74, 6) is 1.66. The molecule has 0 bridgehead atoms. The van der Waals surface area contributed by atoms with Crippen LogP contribution in [-0.2, 0) is 4.79 Å². The molecule has 0 saturated heterocycles. The topological polar surface area (TPSA) is 37.3 Å². The first-order valence-electron chi connectivity index (χ1n) is 8.25. The van der Waals surface area contributed by atoms with Gasteiger partial charge in [0, 0.05) is 0 Å². The van der Waals surface area contributed by atoms with Crippen LogP contribution < -0.4 is 0 Å². The van der Waals surface area contributed by atoms with Crippen molar-refractivity contribution in [2.45, 2.75) is 45.6 Å². The zero-order valence-electron chi connectivity index (χ0n) is 12.9. The first-order chi connectivity index (χ1) is 9.95. The molecule has 0 aromatic rings. The van der Waals surface area contributed by atoms with Gasteiger partial charge in [0.1, 0.15) is 0 Å². The van der Waals surface area contributed by atoms with Gasteiger partial charge in [-0.05, 0) is 61.9 Å². The number of aliphatic hydroxyl groups excluding tert-OH is 1. The Bertz CT molecular complexity index is 584. The molecule has 0 aromatic heterocycles. The molecule has 0 amide bonds. The Morgan fingerprint density at radius 1 is 1.24 bits per heavy atom. The van der Waals surface area contributed by atoms with Gasteiger partial charge in [-0.25, -0.2) is 0 Å². The van der Waals surface area contributed by atoms with E-state index in [9.17, 15) is 9.90 Å². The minimum Gasteiger partial charge on any atom is -0.393 e. The van der Waals surface area contributed by atoms with E-state index in [4.69, 9.17) is 0 Å². The molecule has 1 N–H and O–H groups in total. The minimum atomic E-state index is -0.308. The number of fused-ring (bicyclic) bond motifs is 5. The predicted octanol–water partition coefficient (Wildman–Crippen LogP) is 3.43. The van der Waals surface area contributed by atoms with E-state index in [1.165, 1.54) is 5.57 Å². The Morgan fingerprint density at radius 3 is 2.86 bits per heavy atom. The van der Waals surface area contributed by atoms with Crippen LogP contribution in [0, 0.1) is 28.6 Å². The highest BCUT2D eigenvalue weighted by atomic mass is 16.3. The molecule has 6 atom stereocenters. The maximum absolute atomic E-state index is 12.2. The fourth-order valence-electron chi connectivity index (χ4n) is 5.35. The summed E-state index contributed by atoms with van der Waals surface area (Å²) in [5.41, 5.74) is 1.32. The molecule has 0 radical (unpaired) electrons. The Labute approximate surface area is 126 Å². The number of aliphatic hydroxyl groups is 1. The van der Waals surface area contributed by atoms with Crippen LogP contribution in [-0.4, -0.2) is 17.0 Å². The maximum Gasteiger partial charge on any atom is 0.165 e. The molecule has 1 saturated carbocycles. The molecule has 0 aromatic carbocycles. The monoisotopic (exact) mass is 284 g/mol. The van der Waals surface area contributed by atoms with Gasteiger partial charge in [0.15, 0.2) is 5.78 Å². The average Bonchev–Trinajstić information content (AvgIpc) is 2.76. The summed E-state index contributed by atoms with van der Waals surface area (Å²) in [7, 11) is 0. The summed E-state index contributed by atoms with van der Waals surface area (Å²) in [6, 6.07) is 0. The second-order valence-corrected chi connectivity index (χ2v) is 7.86. The van der Waals surface area contributed by atoms with Gasteiger partial charge in [0.05, 0.1) is 11.5 Å². The molecule has 0 aliphatic heterocycles. The Balaban J connectivity index is 1.76. The average molecular weight is 284 g/mol. The normalized spacial score (nSPS) is 51.2. The highest BCUT2D eigenvalue weighted by Gasteiger charge is 2.54. The smallest absolute Gasteiger partial charge is 0.165 e. The summed E-state index contributed by atoms with van der Waals surface area (Å²) in [6.45, 7) is 4.47. The first-order valence-corrected chi connectivity index (χ1v) is 8.25. The third kappa shape index (κ3) is 1.66. The Kier molecular flexibility index (Phi) is 2.70. The van der Waals surface area contributed by atoms with Crippen molar-refractivity contribution in [3.8, 4) is 0 Å². The summed E-state index contributed by atoms with van der Waals surface area (Å²) >= 11 is 0. The number of hydrogen-bond acceptors (Lipinski definition) is 2. The molecule has 21 heavy (non-hydrogen) atoms. The van der Waals surface area contributed by atoms with Crippen LogP contribution >= 0.6 is 0 Å². The van der Waals surface area contributed by atoms with Gasteiger partial charge in [-0.2, -0.15) is 0 Å². The van der Waals surface area contributed by atoms with E-state index >= 15 is 0 Å². The van der Waals surface area contributed by atoms with E-state index < -0.39 is 0 Å². The van der Waals surface area contributed by atoms with Crippen LogP contribution in [0.1, 0.15) is 39.5 Å². The summed E-state index contributed by atoms with van der Waals surface area (Å²) in [5, 5.41) is 9.97. The molecule has 4 rings (SSSR count). The van der Waals surface area contributed by atoms with Gasteiger partial charge in [0.2, 0.25) is 0 Å². The van der Waals surface area contributed by atoms with Crippen LogP contribution in [0.2, 0.25) is 0 Å². The zero-order valence-corrected chi connectivity index (χ0v) is 12.9. The lowest BCUT2D eigenvalue weighted by molar-refractivity contribution is -0.122. The second-order valence-electron chi connectivity index (χ2n) is 7.86. The van der Waals surface area contributed by atoms with Crippen LogP contribution in [0.25, 0.3) is 0 Å². The molecule has 4 aliphatic rings. The van der Waals surface area contributed by atoms with E-state index in [1.807, 2.05) is 0 Å². The lowest BCUT2D eigenvalue weighted by Gasteiger charge is -2.54. The number of allylic oxidation sites excluding steroid dienone is 5. The highest BCUT2D eigenvalue weighted by molar-refractivity contribution is 5.99.